The molecule has 0 aliphatic heterocycles. The number of alkyl halides is 3. The van der Waals surface area contributed by atoms with Crippen molar-refractivity contribution in [1.82, 2.24) is 0 Å². The highest BCUT2D eigenvalue weighted by Gasteiger charge is 2.36. The summed E-state index contributed by atoms with van der Waals surface area (Å²) in [5.74, 6) is -1.66. The predicted octanol–water partition coefficient (Wildman–Crippen LogP) is 2.47. The number of carbonyl (C=O) groups excluding carboxylic acids is 1. The molecule has 0 unspecified atom stereocenters. The maximum atomic E-state index is 11.5. The van der Waals surface area contributed by atoms with Crippen LogP contribution >= 0.6 is 0 Å². The normalized spacial score (nSPS) is 12.4. The van der Waals surface area contributed by atoms with Crippen molar-refractivity contribution < 1.29 is 18.0 Å². The lowest BCUT2D eigenvalue weighted by Gasteiger charge is -2.01. The van der Waals surface area contributed by atoms with Gasteiger partial charge >= 0.3 is 6.18 Å². The van der Waals surface area contributed by atoms with E-state index in [1.54, 1.807) is 13.0 Å². The van der Waals surface area contributed by atoms with Crippen molar-refractivity contribution in [2.45, 2.75) is 25.9 Å². The molecular formula is C7H9F3O. The Hall–Kier alpha value is -0.800. The fraction of sp³-hybridized carbons (Fsp3) is 0.571. The Balaban J connectivity index is 3.71. The number of rotatable bonds is 3. The number of Topliss-reactive ketones (excluding diaryl/α,β-unsaturated/α-hetero) is 1. The summed E-state index contributed by atoms with van der Waals surface area (Å²) >= 11 is 0. The summed E-state index contributed by atoms with van der Waals surface area (Å²) in [7, 11) is 0. The highest BCUT2D eigenvalue weighted by molar-refractivity contribution is 5.84. The number of carbonyl (C=O) groups is 1. The van der Waals surface area contributed by atoms with Gasteiger partial charge in [0.2, 0.25) is 5.78 Å². The van der Waals surface area contributed by atoms with E-state index in [0.717, 1.165) is 0 Å². The zero-order valence-electron chi connectivity index (χ0n) is 6.11. The van der Waals surface area contributed by atoms with Crippen LogP contribution in [-0.2, 0) is 4.79 Å². The summed E-state index contributed by atoms with van der Waals surface area (Å²) in [4.78, 5) is 10.2. The van der Waals surface area contributed by atoms with E-state index >= 15 is 0 Å². The molecule has 0 fully saturated rings. The number of hydrogen-bond donors (Lipinski definition) is 0. The fourth-order valence-electron chi connectivity index (χ4n) is 0.523. The van der Waals surface area contributed by atoms with Gasteiger partial charge < -0.3 is 0 Å². The van der Waals surface area contributed by atoms with Gasteiger partial charge in [0.1, 0.15) is 0 Å². The Bertz CT molecular complexity index is 158. The van der Waals surface area contributed by atoms with E-state index in [1.807, 2.05) is 0 Å². The highest BCUT2D eigenvalue weighted by Crippen LogP contribution is 2.18. The van der Waals surface area contributed by atoms with Gasteiger partial charge in [0.25, 0.3) is 0 Å². The van der Waals surface area contributed by atoms with Gasteiger partial charge in [0.15, 0.2) is 0 Å². The summed E-state index contributed by atoms with van der Waals surface area (Å²) < 4.78 is 34.5. The number of halogens is 3. The van der Waals surface area contributed by atoms with Crippen LogP contribution < -0.4 is 0 Å². The average Bonchev–Trinajstić information content (AvgIpc) is 1.86. The molecule has 0 radical (unpaired) electrons. The monoisotopic (exact) mass is 166 g/mol. The highest BCUT2D eigenvalue weighted by atomic mass is 19.4. The van der Waals surface area contributed by atoms with Crippen molar-refractivity contribution in [3.05, 3.63) is 12.2 Å². The standard InChI is InChI=1S/C7H9F3O/c1-2-3-4-5-6(11)7(8,9)10/h2-3H,4-5H2,1H3/b3-2-. The molecule has 0 aromatic rings. The van der Waals surface area contributed by atoms with Gasteiger partial charge in [0.05, 0.1) is 0 Å². The van der Waals surface area contributed by atoms with E-state index in [2.05, 4.69) is 0 Å². The van der Waals surface area contributed by atoms with Crippen molar-refractivity contribution in [2.24, 2.45) is 0 Å². The first-order valence-electron chi connectivity index (χ1n) is 3.19. The zero-order valence-corrected chi connectivity index (χ0v) is 6.11. The van der Waals surface area contributed by atoms with Gasteiger partial charge in [-0.3, -0.25) is 4.79 Å². The lowest BCUT2D eigenvalue weighted by atomic mass is 10.2. The maximum absolute atomic E-state index is 11.5. The molecule has 0 spiro atoms. The first-order valence-corrected chi connectivity index (χ1v) is 3.19. The Kier molecular flexibility index (Phi) is 3.85. The molecule has 0 atom stereocenters. The second-order valence-electron chi connectivity index (χ2n) is 2.03. The van der Waals surface area contributed by atoms with E-state index in [-0.39, 0.29) is 6.42 Å². The summed E-state index contributed by atoms with van der Waals surface area (Å²) in [5, 5.41) is 0. The first-order chi connectivity index (χ1) is 4.98. The van der Waals surface area contributed by atoms with E-state index in [1.165, 1.54) is 6.08 Å². The summed E-state index contributed by atoms with van der Waals surface area (Å²) in [5.41, 5.74) is 0. The van der Waals surface area contributed by atoms with Crippen LogP contribution in [0, 0.1) is 0 Å². The maximum Gasteiger partial charge on any atom is 0.449 e. The SMILES string of the molecule is C/C=C\CCC(=O)C(F)(F)F. The molecule has 1 nitrogen and oxygen atoms in total. The van der Waals surface area contributed by atoms with Gasteiger partial charge in [-0.15, -0.1) is 0 Å². The lowest BCUT2D eigenvalue weighted by Crippen LogP contribution is -2.21. The van der Waals surface area contributed by atoms with Crippen molar-refractivity contribution >= 4 is 5.78 Å². The van der Waals surface area contributed by atoms with Gasteiger partial charge in [-0.25, -0.2) is 0 Å². The summed E-state index contributed by atoms with van der Waals surface area (Å²) in [6.45, 7) is 1.69. The Morgan fingerprint density at radius 3 is 2.36 bits per heavy atom. The summed E-state index contributed by atoms with van der Waals surface area (Å²) in [6.07, 6.45) is -1.81. The van der Waals surface area contributed by atoms with Crippen LogP contribution in [0.15, 0.2) is 12.2 Å². The minimum atomic E-state index is -4.67. The summed E-state index contributed by atoms with van der Waals surface area (Å²) in [6, 6.07) is 0. The van der Waals surface area contributed by atoms with Crippen LogP contribution in [0.2, 0.25) is 0 Å². The van der Waals surface area contributed by atoms with Crippen molar-refractivity contribution in [3.8, 4) is 0 Å². The predicted molar refractivity (Wildman–Crippen MR) is 35.1 cm³/mol. The van der Waals surface area contributed by atoms with Crippen LogP contribution in [0.5, 0.6) is 0 Å². The molecule has 0 aliphatic rings. The molecular weight excluding hydrogens is 157 g/mol. The van der Waals surface area contributed by atoms with E-state index in [4.69, 9.17) is 0 Å². The molecule has 0 heterocycles. The van der Waals surface area contributed by atoms with E-state index in [0.29, 0.717) is 0 Å². The van der Waals surface area contributed by atoms with Crippen molar-refractivity contribution in [2.75, 3.05) is 0 Å². The second kappa shape index (κ2) is 4.16. The molecule has 0 aromatic carbocycles. The van der Waals surface area contributed by atoms with Crippen LogP contribution in [0.3, 0.4) is 0 Å². The smallest absolute Gasteiger partial charge is 0.290 e. The molecule has 0 saturated carbocycles. The lowest BCUT2D eigenvalue weighted by molar-refractivity contribution is -0.170. The quantitative estimate of drug-likeness (QED) is 0.588. The van der Waals surface area contributed by atoms with E-state index < -0.39 is 18.4 Å². The number of ketones is 1. The van der Waals surface area contributed by atoms with Crippen LogP contribution in [0.4, 0.5) is 13.2 Å². The third-order valence-electron chi connectivity index (χ3n) is 1.09. The van der Waals surface area contributed by atoms with Crippen molar-refractivity contribution in [1.29, 1.82) is 0 Å². The largest absolute Gasteiger partial charge is 0.449 e. The third-order valence-corrected chi connectivity index (χ3v) is 1.09. The third kappa shape index (κ3) is 4.58. The minimum Gasteiger partial charge on any atom is -0.290 e. The van der Waals surface area contributed by atoms with Crippen LogP contribution in [0.1, 0.15) is 19.8 Å². The molecule has 4 heteroatoms. The fourth-order valence-corrected chi connectivity index (χ4v) is 0.523. The topological polar surface area (TPSA) is 17.1 Å². The molecule has 0 amide bonds. The Morgan fingerprint density at radius 2 is 2.00 bits per heavy atom. The first kappa shape index (κ1) is 10.2. The number of allylic oxidation sites excluding steroid dienone is 2. The number of hydrogen-bond acceptors (Lipinski definition) is 1. The Labute approximate surface area is 62.9 Å². The molecule has 0 rings (SSSR count). The molecule has 0 aliphatic carbocycles. The molecule has 0 N–H and O–H groups in total. The second-order valence-corrected chi connectivity index (χ2v) is 2.03. The molecule has 0 aromatic heterocycles. The molecule has 11 heavy (non-hydrogen) atoms. The van der Waals surface area contributed by atoms with Crippen LogP contribution in [0.25, 0.3) is 0 Å². The average molecular weight is 166 g/mol. The zero-order chi connectivity index (χ0) is 8.91. The molecule has 64 valence electrons. The van der Waals surface area contributed by atoms with Gasteiger partial charge in [-0.05, 0) is 13.3 Å². The van der Waals surface area contributed by atoms with Crippen molar-refractivity contribution in [3.63, 3.8) is 0 Å². The minimum absolute atomic E-state index is 0.162. The van der Waals surface area contributed by atoms with Gasteiger partial charge in [-0.2, -0.15) is 13.2 Å². The molecule has 0 bridgehead atoms. The van der Waals surface area contributed by atoms with Crippen LogP contribution in [-0.4, -0.2) is 12.0 Å². The van der Waals surface area contributed by atoms with Gasteiger partial charge in [-0.1, -0.05) is 12.2 Å². The van der Waals surface area contributed by atoms with E-state index in [9.17, 15) is 18.0 Å². The molecule has 0 saturated heterocycles. The van der Waals surface area contributed by atoms with Gasteiger partial charge in [0, 0.05) is 6.42 Å². The Morgan fingerprint density at radius 1 is 1.45 bits per heavy atom.